The van der Waals surface area contributed by atoms with Gasteiger partial charge in [-0.3, -0.25) is 0 Å². The van der Waals surface area contributed by atoms with Gasteiger partial charge in [-0.25, -0.2) is 0 Å². The molecule has 0 aromatic heterocycles. The second-order valence-electron chi connectivity index (χ2n) is 4.39. The average molecular weight is 200 g/mol. The van der Waals surface area contributed by atoms with Crippen LogP contribution in [0.1, 0.15) is 51.9 Å². The maximum Gasteiger partial charge on any atom is 0.0577 e. The molecule has 0 bridgehead atoms. The Morgan fingerprint density at radius 2 is 2.21 bits per heavy atom. The third-order valence-electron chi connectivity index (χ3n) is 3.06. The molecule has 2 atom stereocenters. The molecule has 0 radical (unpaired) electrons. The van der Waals surface area contributed by atoms with Gasteiger partial charge in [0, 0.05) is 13.2 Å². The van der Waals surface area contributed by atoms with E-state index in [1.165, 1.54) is 32.1 Å². The highest BCUT2D eigenvalue weighted by molar-refractivity contribution is 4.73. The summed E-state index contributed by atoms with van der Waals surface area (Å²) in [5, 5.41) is 8.77. The first kappa shape index (κ1) is 12.0. The maximum atomic E-state index is 8.77. The molecule has 1 fully saturated rings. The van der Waals surface area contributed by atoms with Crippen LogP contribution in [-0.4, -0.2) is 24.4 Å². The molecule has 84 valence electrons. The molecule has 0 aromatic rings. The standard InChI is InChI=1S/C12H24O2/c1-2-9-14-12-7-3-5-11(10-12)6-4-8-13/h11-13H,2-10H2,1H3/t11-,12+/m1/s1. The van der Waals surface area contributed by atoms with Gasteiger partial charge in [0.2, 0.25) is 0 Å². The molecule has 1 aliphatic carbocycles. The summed E-state index contributed by atoms with van der Waals surface area (Å²) in [5.74, 6) is 0.803. The van der Waals surface area contributed by atoms with Crippen molar-refractivity contribution in [1.82, 2.24) is 0 Å². The van der Waals surface area contributed by atoms with E-state index >= 15 is 0 Å². The minimum atomic E-state index is 0.344. The molecule has 1 rings (SSSR count). The van der Waals surface area contributed by atoms with Crippen LogP contribution in [0.25, 0.3) is 0 Å². The molecule has 0 aliphatic heterocycles. The summed E-state index contributed by atoms with van der Waals surface area (Å²) in [4.78, 5) is 0. The first-order valence-corrected chi connectivity index (χ1v) is 6.09. The Labute approximate surface area is 87.7 Å². The third-order valence-corrected chi connectivity index (χ3v) is 3.06. The normalized spacial score (nSPS) is 27.9. The van der Waals surface area contributed by atoms with E-state index in [0.29, 0.717) is 12.7 Å². The smallest absolute Gasteiger partial charge is 0.0577 e. The molecule has 1 aliphatic rings. The lowest BCUT2D eigenvalue weighted by Gasteiger charge is -2.29. The first-order chi connectivity index (χ1) is 6.86. The van der Waals surface area contributed by atoms with Gasteiger partial charge in [0.05, 0.1) is 6.10 Å². The van der Waals surface area contributed by atoms with Crippen molar-refractivity contribution in [3.05, 3.63) is 0 Å². The van der Waals surface area contributed by atoms with Crippen molar-refractivity contribution in [2.75, 3.05) is 13.2 Å². The summed E-state index contributed by atoms with van der Waals surface area (Å²) >= 11 is 0. The number of aliphatic hydroxyl groups is 1. The summed E-state index contributed by atoms with van der Waals surface area (Å²) in [6.07, 6.45) is 8.89. The molecule has 0 spiro atoms. The zero-order valence-corrected chi connectivity index (χ0v) is 9.37. The first-order valence-electron chi connectivity index (χ1n) is 6.09. The number of hydrogen-bond acceptors (Lipinski definition) is 2. The van der Waals surface area contributed by atoms with Gasteiger partial charge in [0.15, 0.2) is 0 Å². The summed E-state index contributed by atoms with van der Waals surface area (Å²) in [6.45, 7) is 3.42. The summed E-state index contributed by atoms with van der Waals surface area (Å²) < 4.78 is 5.78. The van der Waals surface area contributed by atoms with E-state index in [2.05, 4.69) is 6.92 Å². The van der Waals surface area contributed by atoms with Crippen molar-refractivity contribution in [3.63, 3.8) is 0 Å². The molecular formula is C12H24O2. The zero-order chi connectivity index (χ0) is 10.2. The number of hydrogen-bond donors (Lipinski definition) is 1. The lowest BCUT2D eigenvalue weighted by Crippen LogP contribution is -2.23. The van der Waals surface area contributed by atoms with E-state index in [0.717, 1.165) is 25.4 Å². The van der Waals surface area contributed by atoms with Crippen molar-refractivity contribution < 1.29 is 9.84 Å². The van der Waals surface area contributed by atoms with E-state index in [1.54, 1.807) is 0 Å². The monoisotopic (exact) mass is 200 g/mol. The molecular weight excluding hydrogens is 176 g/mol. The molecule has 0 saturated heterocycles. The van der Waals surface area contributed by atoms with E-state index in [1.807, 2.05) is 0 Å². The van der Waals surface area contributed by atoms with Crippen molar-refractivity contribution in [1.29, 1.82) is 0 Å². The van der Waals surface area contributed by atoms with Gasteiger partial charge >= 0.3 is 0 Å². The van der Waals surface area contributed by atoms with E-state index < -0.39 is 0 Å². The van der Waals surface area contributed by atoms with E-state index in [4.69, 9.17) is 9.84 Å². The van der Waals surface area contributed by atoms with Crippen molar-refractivity contribution in [2.45, 2.75) is 58.0 Å². The van der Waals surface area contributed by atoms with Crippen LogP contribution < -0.4 is 0 Å². The quantitative estimate of drug-likeness (QED) is 0.714. The Morgan fingerprint density at radius 1 is 1.36 bits per heavy atom. The molecule has 0 heterocycles. The second kappa shape index (κ2) is 7.24. The highest BCUT2D eigenvalue weighted by Crippen LogP contribution is 2.29. The topological polar surface area (TPSA) is 29.5 Å². The van der Waals surface area contributed by atoms with Crippen LogP contribution in [0.2, 0.25) is 0 Å². The molecule has 1 saturated carbocycles. The third kappa shape index (κ3) is 4.43. The lowest BCUT2D eigenvalue weighted by molar-refractivity contribution is 0.0113. The Kier molecular flexibility index (Phi) is 6.20. The molecule has 0 aromatic carbocycles. The van der Waals surface area contributed by atoms with Gasteiger partial charge in [0.25, 0.3) is 0 Å². The van der Waals surface area contributed by atoms with E-state index in [9.17, 15) is 0 Å². The predicted octanol–water partition coefficient (Wildman–Crippen LogP) is 2.74. The molecule has 2 nitrogen and oxygen atoms in total. The minimum Gasteiger partial charge on any atom is -0.396 e. The van der Waals surface area contributed by atoms with Crippen LogP contribution in [0.15, 0.2) is 0 Å². The van der Waals surface area contributed by atoms with Crippen LogP contribution in [0.5, 0.6) is 0 Å². The second-order valence-corrected chi connectivity index (χ2v) is 4.39. The van der Waals surface area contributed by atoms with Crippen molar-refractivity contribution >= 4 is 0 Å². The Bertz CT molecular complexity index is 122. The van der Waals surface area contributed by atoms with Crippen LogP contribution in [0, 0.1) is 5.92 Å². The van der Waals surface area contributed by atoms with Gasteiger partial charge < -0.3 is 9.84 Å². The molecule has 1 N–H and O–H groups in total. The molecule has 2 heteroatoms. The number of ether oxygens (including phenoxy) is 1. The largest absolute Gasteiger partial charge is 0.396 e. The fraction of sp³-hybridized carbons (Fsp3) is 1.00. The summed E-state index contributed by atoms with van der Waals surface area (Å²) in [6, 6.07) is 0. The summed E-state index contributed by atoms with van der Waals surface area (Å²) in [5.41, 5.74) is 0. The predicted molar refractivity (Wildman–Crippen MR) is 58.3 cm³/mol. The highest BCUT2D eigenvalue weighted by atomic mass is 16.5. The van der Waals surface area contributed by atoms with Crippen molar-refractivity contribution in [3.8, 4) is 0 Å². The van der Waals surface area contributed by atoms with Crippen LogP contribution in [0.3, 0.4) is 0 Å². The van der Waals surface area contributed by atoms with Gasteiger partial charge in [-0.1, -0.05) is 19.8 Å². The SMILES string of the molecule is CCCO[C@H]1CCC[C@H](CCCO)C1. The highest BCUT2D eigenvalue weighted by Gasteiger charge is 2.21. The Hall–Kier alpha value is -0.0800. The van der Waals surface area contributed by atoms with Crippen molar-refractivity contribution in [2.24, 2.45) is 5.92 Å². The van der Waals surface area contributed by atoms with Gasteiger partial charge in [-0.05, 0) is 38.0 Å². The summed E-state index contributed by atoms with van der Waals surface area (Å²) in [7, 11) is 0. The fourth-order valence-corrected chi connectivity index (χ4v) is 2.32. The van der Waals surface area contributed by atoms with Crippen LogP contribution in [-0.2, 0) is 4.74 Å². The maximum absolute atomic E-state index is 8.77. The zero-order valence-electron chi connectivity index (χ0n) is 9.37. The fourth-order valence-electron chi connectivity index (χ4n) is 2.32. The lowest BCUT2D eigenvalue weighted by atomic mass is 9.84. The Morgan fingerprint density at radius 3 is 2.93 bits per heavy atom. The minimum absolute atomic E-state index is 0.344. The van der Waals surface area contributed by atoms with Gasteiger partial charge in [0.1, 0.15) is 0 Å². The van der Waals surface area contributed by atoms with Crippen LogP contribution in [0.4, 0.5) is 0 Å². The molecule has 14 heavy (non-hydrogen) atoms. The number of rotatable bonds is 6. The molecule has 0 unspecified atom stereocenters. The Balaban J connectivity index is 2.14. The number of aliphatic hydroxyl groups excluding tert-OH is 1. The van der Waals surface area contributed by atoms with Gasteiger partial charge in [-0.15, -0.1) is 0 Å². The van der Waals surface area contributed by atoms with Crippen LogP contribution >= 0.6 is 0 Å². The molecule has 0 amide bonds. The average Bonchev–Trinajstić information content (AvgIpc) is 2.24. The van der Waals surface area contributed by atoms with Gasteiger partial charge in [-0.2, -0.15) is 0 Å². The van der Waals surface area contributed by atoms with E-state index in [-0.39, 0.29) is 0 Å².